The van der Waals surface area contributed by atoms with Crippen molar-refractivity contribution in [1.29, 1.82) is 0 Å². The molecule has 4 nitrogen and oxygen atoms in total. The quantitative estimate of drug-likeness (QED) is 0.615. The number of benzene rings is 2. The van der Waals surface area contributed by atoms with Gasteiger partial charge in [0.05, 0.1) is 12.2 Å². The largest absolute Gasteiger partial charge is 0.356 e. The molecule has 0 saturated heterocycles. The van der Waals surface area contributed by atoms with Crippen molar-refractivity contribution in [2.45, 2.75) is 13.0 Å². The van der Waals surface area contributed by atoms with Crippen LogP contribution in [0.5, 0.6) is 0 Å². The molecule has 136 valence electrons. The Hall–Kier alpha value is -2.92. The average Bonchev–Trinajstić information content (AvgIpc) is 3.11. The Bertz CT molecular complexity index is 994. The first-order chi connectivity index (χ1) is 13.1. The highest BCUT2D eigenvalue weighted by Crippen LogP contribution is 2.30. The second-order valence-corrected chi connectivity index (χ2v) is 6.77. The molecule has 0 unspecified atom stereocenters. The Kier molecular flexibility index (Phi) is 4.77. The molecule has 0 fully saturated rings. The first kappa shape index (κ1) is 17.5. The lowest BCUT2D eigenvalue weighted by Gasteiger charge is -2.25. The predicted octanol–water partition coefficient (Wildman–Crippen LogP) is 4.73. The summed E-state index contributed by atoms with van der Waals surface area (Å²) in [6.07, 6.45) is 3.95. The van der Waals surface area contributed by atoms with E-state index in [0.717, 1.165) is 22.4 Å². The number of hydrogen-bond donors (Lipinski definition) is 0. The van der Waals surface area contributed by atoms with Gasteiger partial charge in [-0.3, -0.25) is 4.79 Å². The number of carbonyl (C=O) groups is 1. The maximum atomic E-state index is 13.2. The van der Waals surface area contributed by atoms with Crippen LogP contribution in [0.1, 0.15) is 16.8 Å². The van der Waals surface area contributed by atoms with E-state index in [1.807, 2.05) is 12.1 Å². The van der Waals surface area contributed by atoms with Crippen molar-refractivity contribution >= 4 is 23.6 Å². The van der Waals surface area contributed by atoms with Gasteiger partial charge in [-0.15, -0.1) is 0 Å². The first-order valence-corrected chi connectivity index (χ1v) is 8.94. The zero-order valence-electron chi connectivity index (χ0n) is 14.4. The van der Waals surface area contributed by atoms with Crippen LogP contribution in [-0.4, -0.2) is 22.5 Å². The van der Waals surface area contributed by atoms with Gasteiger partial charge >= 0.3 is 0 Å². The maximum Gasteiger partial charge on any atom is 0.246 e. The Labute approximate surface area is 160 Å². The Morgan fingerprint density at radius 3 is 2.63 bits per heavy atom. The molecule has 0 aliphatic carbocycles. The molecule has 3 aromatic rings. The van der Waals surface area contributed by atoms with Crippen LogP contribution in [0, 0.1) is 5.82 Å². The van der Waals surface area contributed by atoms with E-state index < -0.39 is 0 Å². The fraction of sp³-hybridized carbons (Fsp3) is 0.143. The second-order valence-electron chi connectivity index (χ2n) is 6.34. The van der Waals surface area contributed by atoms with Crippen molar-refractivity contribution in [3.63, 3.8) is 0 Å². The highest BCUT2D eigenvalue weighted by molar-refractivity contribution is 6.30. The van der Waals surface area contributed by atoms with Crippen molar-refractivity contribution in [3.05, 3.63) is 82.3 Å². The van der Waals surface area contributed by atoms with E-state index in [0.29, 0.717) is 30.3 Å². The highest BCUT2D eigenvalue weighted by atomic mass is 35.5. The molecule has 2 aromatic carbocycles. The Balaban J connectivity index is 1.52. The summed E-state index contributed by atoms with van der Waals surface area (Å²) in [6, 6.07) is 13.3. The number of rotatable bonds is 3. The van der Waals surface area contributed by atoms with Crippen molar-refractivity contribution < 1.29 is 13.7 Å². The zero-order chi connectivity index (χ0) is 18.8. The van der Waals surface area contributed by atoms with E-state index in [1.54, 1.807) is 41.3 Å². The van der Waals surface area contributed by atoms with Gasteiger partial charge in [0.1, 0.15) is 5.82 Å². The number of hydrogen-bond acceptors (Lipinski definition) is 3. The van der Waals surface area contributed by atoms with Crippen molar-refractivity contribution in [2.24, 2.45) is 0 Å². The molecular formula is C21H16ClFN2O2. The molecule has 0 saturated carbocycles. The molecule has 1 aromatic heterocycles. The summed E-state index contributed by atoms with van der Waals surface area (Å²) in [7, 11) is 0. The Morgan fingerprint density at radius 1 is 1.15 bits per heavy atom. The Morgan fingerprint density at radius 2 is 1.89 bits per heavy atom. The molecule has 0 bridgehead atoms. The van der Waals surface area contributed by atoms with Gasteiger partial charge in [-0.1, -0.05) is 28.9 Å². The van der Waals surface area contributed by atoms with Crippen molar-refractivity contribution in [2.75, 3.05) is 6.54 Å². The van der Waals surface area contributed by atoms with E-state index in [1.165, 1.54) is 12.1 Å². The van der Waals surface area contributed by atoms with Crippen molar-refractivity contribution in [1.82, 2.24) is 10.1 Å². The van der Waals surface area contributed by atoms with Crippen LogP contribution in [0.25, 0.3) is 17.4 Å². The predicted molar refractivity (Wildman–Crippen MR) is 102 cm³/mol. The molecule has 27 heavy (non-hydrogen) atoms. The van der Waals surface area contributed by atoms with E-state index in [9.17, 15) is 9.18 Å². The molecule has 1 amide bonds. The molecule has 0 radical (unpaired) electrons. The number of fused-ring (bicyclic) bond motifs is 1. The summed E-state index contributed by atoms with van der Waals surface area (Å²) in [4.78, 5) is 14.3. The van der Waals surface area contributed by atoms with Crippen LogP contribution in [0.3, 0.4) is 0 Å². The fourth-order valence-electron chi connectivity index (χ4n) is 3.08. The number of carbonyl (C=O) groups excluding carboxylic acids is 1. The standard InChI is InChI=1S/C21H16ClFN2O2/c22-16-6-1-14(2-7-16)3-10-20(26)25-12-11-19-18(13-25)21(27-24-19)15-4-8-17(23)9-5-15/h1-10H,11-13H2/b10-3+. The maximum absolute atomic E-state index is 13.2. The van der Waals surface area contributed by atoms with E-state index in [-0.39, 0.29) is 11.7 Å². The second kappa shape index (κ2) is 7.37. The number of amides is 1. The summed E-state index contributed by atoms with van der Waals surface area (Å²) in [5.41, 5.74) is 3.37. The summed E-state index contributed by atoms with van der Waals surface area (Å²) >= 11 is 5.87. The van der Waals surface area contributed by atoms with E-state index >= 15 is 0 Å². The van der Waals surface area contributed by atoms with E-state index in [4.69, 9.17) is 16.1 Å². The van der Waals surface area contributed by atoms with Crippen LogP contribution < -0.4 is 0 Å². The van der Waals surface area contributed by atoms with Gasteiger partial charge in [0.25, 0.3) is 0 Å². The molecule has 2 heterocycles. The lowest BCUT2D eigenvalue weighted by atomic mass is 10.0. The monoisotopic (exact) mass is 382 g/mol. The normalized spacial score (nSPS) is 13.8. The van der Waals surface area contributed by atoms with Gasteiger partial charge in [0, 0.05) is 35.2 Å². The molecular weight excluding hydrogens is 367 g/mol. The third-order valence-corrected chi connectivity index (χ3v) is 4.80. The third kappa shape index (κ3) is 3.78. The van der Waals surface area contributed by atoms with Crippen LogP contribution in [0.4, 0.5) is 4.39 Å². The van der Waals surface area contributed by atoms with Crippen LogP contribution >= 0.6 is 11.6 Å². The fourth-order valence-corrected chi connectivity index (χ4v) is 3.20. The molecule has 0 spiro atoms. The van der Waals surface area contributed by atoms with Gasteiger partial charge in [0.2, 0.25) is 5.91 Å². The molecule has 1 aliphatic heterocycles. The molecule has 0 N–H and O–H groups in total. The summed E-state index contributed by atoms with van der Waals surface area (Å²) in [5.74, 6) is 0.197. The number of nitrogens with zero attached hydrogens (tertiary/aromatic N) is 2. The summed E-state index contributed by atoms with van der Waals surface area (Å²) in [6.45, 7) is 0.988. The minimum Gasteiger partial charge on any atom is -0.356 e. The minimum absolute atomic E-state index is 0.0816. The minimum atomic E-state index is -0.309. The molecule has 4 rings (SSSR count). The van der Waals surface area contributed by atoms with Crippen LogP contribution in [0.2, 0.25) is 5.02 Å². The molecule has 0 atom stereocenters. The third-order valence-electron chi connectivity index (χ3n) is 4.54. The van der Waals surface area contributed by atoms with Crippen LogP contribution in [0.15, 0.2) is 59.1 Å². The number of halogens is 2. The summed E-state index contributed by atoms with van der Waals surface area (Å²) < 4.78 is 18.6. The van der Waals surface area contributed by atoms with Gasteiger partial charge in [0.15, 0.2) is 5.76 Å². The molecule has 6 heteroatoms. The highest BCUT2D eigenvalue weighted by Gasteiger charge is 2.26. The van der Waals surface area contributed by atoms with E-state index in [2.05, 4.69) is 5.16 Å². The van der Waals surface area contributed by atoms with Gasteiger partial charge in [-0.2, -0.15) is 0 Å². The van der Waals surface area contributed by atoms with Gasteiger partial charge in [-0.25, -0.2) is 4.39 Å². The first-order valence-electron chi connectivity index (χ1n) is 8.56. The lowest BCUT2D eigenvalue weighted by Crippen LogP contribution is -2.34. The topological polar surface area (TPSA) is 46.3 Å². The lowest BCUT2D eigenvalue weighted by molar-refractivity contribution is -0.126. The number of aromatic nitrogens is 1. The SMILES string of the molecule is O=C(/C=C/c1ccc(Cl)cc1)N1CCc2noc(-c3ccc(F)cc3)c2C1. The van der Waals surface area contributed by atoms with Crippen LogP contribution in [-0.2, 0) is 17.8 Å². The van der Waals surface area contributed by atoms with Gasteiger partial charge in [-0.05, 0) is 48.0 Å². The van der Waals surface area contributed by atoms with Gasteiger partial charge < -0.3 is 9.42 Å². The average molecular weight is 383 g/mol. The smallest absolute Gasteiger partial charge is 0.246 e. The molecule has 1 aliphatic rings. The zero-order valence-corrected chi connectivity index (χ0v) is 15.1. The van der Waals surface area contributed by atoms with Crippen molar-refractivity contribution in [3.8, 4) is 11.3 Å². The summed E-state index contributed by atoms with van der Waals surface area (Å²) in [5, 5.41) is 4.77.